The highest BCUT2D eigenvalue weighted by molar-refractivity contribution is 5.25. The fourth-order valence-electron chi connectivity index (χ4n) is 2.86. The van der Waals surface area contributed by atoms with Gasteiger partial charge in [0.2, 0.25) is 0 Å². The summed E-state index contributed by atoms with van der Waals surface area (Å²) in [6.07, 6.45) is 3.07. The Hall–Kier alpha value is -0.960. The molecule has 0 atom stereocenters. The summed E-state index contributed by atoms with van der Waals surface area (Å²) in [7, 11) is 0. The van der Waals surface area contributed by atoms with Gasteiger partial charge in [0.15, 0.2) is 0 Å². The zero-order valence-corrected chi connectivity index (χ0v) is 11.6. The first-order valence-electron chi connectivity index (χ1n) is 7.23. The second-order valence-electron chi connectivity index (χ2n) is 5.37. The van der Waals surface area contributed by atoms with Gasteiger partial charge in [0.1, 0.15) is 13.3 Å². The van der Waals surface area contributed by atoms with Gasteiger partial charge in [-0.3, -0.25) is 4.90 Å². The Kier molecular flexibility index (Phi) is 5.32. The summed E-state index contributed by atoms with van der Waals surface area (Å²) in [5.74, 6) is 0.544. The van der Waals surface area contributed by atoms with Crippen molar-refractivity contribution < 1.29 is 8.78 Å². The first-order chi connectivity index (χ1) is 9.28. The number of benzene rings is 1. The van der Waals surface area contributed by atoms with Gasteiger partial charge in [0, 0.05) is 0 Å². The van der Waals surface area contributed by atoms with E-state index in [1.54, 1.807) is 0 Å². The fourth-order valence-corrected chi connectivity index (χ4v) is 2.86. The SMILES string of the molecule is CCc1ccc(C2CCN(C(CF)CF)CC2)cc1. The predicted molar refractivity (Wildman–Crippen MR) is 75.1 cm³/mol. The molecule has 1 heterocycles. The van der Waals surface area contributed by atoms with Crippen LogP contribution in [0.1, 0.15) is 36.8 Å². The van der Waals surface area contributed by atoms with E-state index in [1.165, 1.54) is 11.1 Å². The van der Waals surface area contributed by atoms with Gasteiger partial charge in [-0.15, -0.1) is 0 Å². The van der Waals surface area contributed by atoms with Gasteiger partial charge in [-0.05, 0) is 49.4 Å². The quantitative estimate of drug-likeness (QED) is 0.785. The van der Waals surface area contributed by atoms with Gasteiger partial charge in [-0.25, -0.2) is 8.78 Å². The summed E-state index contributed by atoms with van der Waals surface area (Å²) in [6, 6.07) is 8.27. The Balaban J connectivity index is 1.91. The van der Waals surface area contributed by atoms with Crippen molar-refractivity contribution in [3.63, 3.8) is 0 Å². The molecule has 3 heteroatoms. The third-order valence-electron chi connectivity index (χ3n) is 4.26. The first-order valence-corrected chi connectivity index (χ1v) is 7.23. The van der Waals surface area contributed by atoms with E-state index in [4.69, 9.17) is 0 Å². The molecule has 0 aromatic heterocycles. The topological polar surface area (TPSA) is 3.24 Å². The lowest BCUT2D eigenvalue weighted by atomic mass is 9.88. The summed E-state index contributed by atoms with van der Waals surface area (Å²) in [5, 5.41) is 0. The normalized spacial score (nSPS) is 18.1. The maximum absolute atomic E-state index is 12.7. The number of piperidine rings is 1. The molecule has 1 aliphatic heterocycles. The Morgan fingerprint density at radius 1 is 1.11 bits per heavy atom. The number of alkyl halides is 2. The molecule has 1 nitrogen and oxygen atoms in total. The van der Waals surface area contributed by atoms with Crippen LogP contribution in [0, 0.1) is 0 Å². The molecule has 19 heavy (non-hydrogen) atoms. The molecule has 2 rings (SSSR count). The van der Waals surface area contributed by atoms with Gasteiger partial charge in [-0.2, -0.15) is 0 Å². The van der Waals surface area contributed by atoms with E-state index < -0.39 is 19.4 Å². The molecule has 0 radical (unpaired) electrons. The Bertz CT molecular complexity index is 365. The standard InChI is InChI=1S/C16H23F2N/c1-2-13-3-5-14(6-4-13)15-7-9-19(10-8-15)16(11-17)12-18/h3-6,15-16H,2,7-12H2,1H3. The number of likely N-dealkylation sites (tertiary alicyclic amines) is 1. The average molecular weight is 267 g/mol. The summed E-state index contributed by atoms with van der Waals surface area (Å²) in [6.45, 7) is 2.61. The number of halogens is 2. The van der Waals surface area contributed by atoms with Crippen LogP contribution < -0.4 is 0 Å². The van der Waals surface area contributed by atoms with Crippen molar-refractivity contribution in [2.75, 3.05) is 26.4 Å². The minimum atomic E-state index is -0.577. The van der Waals surface area contributed by atoms with Crippen LogP contribution in [0.5, 0.6) is 0 Å². The molecular formula is C16H23F2N. The van der Waals surface area contributed by atoms with Crippen LogP contribution in [0.2, 0.25) is 0 Å². The molecule has 0 spiro atoms. The summed E-state index contributed by atoms with van der Waals surface area (Å²) < 4.78 is 25.3. The van der Waals surface area contributed by atoms with Crippen LogP contribution in [-0.2, 0) is 6.42 Å². The molecular weight excluding hydrogens is 244 g/mol. The van der Waals surface area contributed by atoms with Crippen molar-refractivity contribution in [1.29, 1.82) is 0 Å². The van der Waals surface area contributed by atoms with Crippen molar-refractivity contribution in [3.8, 4) is 0 Å². The Labute approximate surface area is 114 Å². The van der Waals surface area contributed by atoms with Crippen molar-refractivity contribution in [3.05, 3.63) is 35.4 Å². The van der Waals surface area contributed by atoms with E-state index in [9.17, 15) is 8.78 Å². The lowest BCUT2D eigenvalue weighted by Crippen LogP contribution is -2.43. The summed E-state index contributed by atoms with van der Waals surface area (Å²) in [5.41, 5.74) is 2.73. The van der Waals surface area contributed by atoms with Crippen molar-refractivity contribution in [2.45, 2.75) is 38.1 Å². The van der Waals surface area contributed by atoms with Crippen LogP contribution in [0.15, 0.2) is 24.3 Å². The van der Waals surface area contributed by atoms with Gasteiger partial charge in [0.25, 0.3) is 0 Å². The van der Waals surface area contributed by atoms with Crippen LogP contribution >= 0.6 is 0 Å². The molecule has 0 unspecified atom stereocenters. The van der Waals surface area contributed by atoms with E-state index >= 15 is 0 Å². The van der Waals surface area contributed by atoms with Gasteiger partial charge in [0.05, 0.1) is 6.04 Å². The summed E-state index contributed by atoms with van der Waals surface area (Å²) in [4.78, 5) is 1.96. The molecule has 0 bridgehead atoms. The maximum Gasteiger partial charge on any atom is 0.107 e. The van der Waals surface area contributed by atoms with E-state index in [0.29, 0.717) is 5.92 Å². The second-order valence-corrected chi connectivity index (χ2v) is 5.37. The van der Waals surface area contributed by atoms with Gasteiger partial charge < -0.3 is 0 Å². The fraction of sp³-hybridized carbons (Fsp3) is 0.625. The minimum absolute atomic E-state index is 0.525. The molecule has 0 aliphatic carbocycles. The molecule has 1 saturated heterocycles. The van der Waals surface area contributed by atoms with Crippen LogP contribution in [0.25, 0.3) is 0 Å². The smallest absolute Gasteiger partial charge is 0.107 e. The number of aryl methyl sites for hydroxylation is 1. The van der Waals surface area contributed by atoms with Crippen LogP contribution in [0.3, 0.4) is 0 Å². The Morgan fingerprint density at radius 2 is 1.68 bits per heavy atom. The van der Waals surface area contributed by atoms with Crippen molar-refractivity contribution in [1.82, 2.24) is 4.90 Å². The minimum Gasteiger partial charge on any atom is -0.295 e. The monoisotopic (exact) mass is 267 g/mol. The molecule has 1 fully saturated rings. The molecule has 106 valence electrons. The third-order valence-corrected chi connectivity index (χ3v) is 4.26. The van der Waals surface area contributed by atoms with Crippen LogP contribution in [0.4, 0.5) is 8.78 Å². The maximum atomic E-state index is 12.7. The number of hydrogen-bond acceptors (Lipinski definition) is 1. The molecule has 1 aliphatic rings. The van der Waals surface area contributed by atoms with Gasteiger partial charge >= 0.3 is 0 Å². The van der Waals surface area contributed by atoms with Gasteiger partial charge in [-0.1, -0.05) is 31.2 Å². The lowest BCUT2D eigenvalue weighted by Gasteiger charge is -2.35. The van der Waals surface area contributed by atoms with E-state index in [1.807, 2.05) is 4.90 Å². The molecule has 0 saturated carbocycles. The highest BCUT2D eigenvalue weighted by atomic mass is 19.1. The lowest BCUT2D eigenvalue weighted by molar-refractivity contribution is 0.109. The zero-order chi connectivity index (χ0) is 13.7. The molecule has 0 N–H and O–H groups in total. The Morgan fingerprint density at radius 3 is 2.16 bits per heavy atom. The average Bonchev–Trinajstić information content (AvgIpc) is 2.49. The first kappa shape index (κ1) is 14.4. The predicted octanol–water partition coefficient (Wildman–Crippen LogP) is 3.74. The highest BCUT2D eigenvalue weighted by Crippen LogP contribution is 2.29. The molecule has 1 aromatic rings. The second kappa shape index (κ2) is 6.99. The van der Waals surface area contributed by atoms with Crippen LogP contribution in [-0.4, -0.2) is 37.4 Å². The number of rotatable bonds is 5. The third kappa shape index (κ3) is 3.53. The highest BCUT2D eigenvalue weighted by Gasteiger charge is 2.25. The molecule has 0 amide bonds. The number of hydrogen-bond donors (Lipinski definition) is 0. The summed E-state index contributed by atoms with van der Waals surface area (Å²) >= 11 is 0. The van der Waals surface area contributed by atoms with E-state index in [-0.39, 0.29) is 0 Å². The largest absolute Gasteiger partial charge is 0.295 e. The zero-order valence-electron chi connectivity index (χ0n) is 11.6. The van der Waals surface area contributed by atoms with E-state index in [2.05, 4.69) is 31.2 Å². The van der Waals surface area contributed by atoms with Crippen molar-refractivity contribution >= 4 is 0 Å². The molecule has 1 aromatic carbocycles. The number of nitrogens with zero attached hydrogens (tertiary/aromatic N) is 1. The van der Waals surface area contributed by atoms with E-state index in [0.717, 1.165) is 32.4 Å². The van der Waals surface area contributed by atoms with Crippen molar-refractivity contribution in [2.24, 2.45) is 0 Å².